The second-order valence-electron chi connectivity index (χ2n) is 6.21. The minimum atomic E-state index is 0. The number of carbonyl (C=O) groups is 1. The molecule has 0 radical (unpaired) electrons. The first kappa shape index (κ1) is 21.6. The van der Waals surface area contributed by atoms with Gasteiger partial charge in [-0.1, -0.05) is 25.1 Å². The minimum Gasteiger partial charge on any atom is -0.356 e. The van der Waals surface area contributed by atoms with Crippen LogP contribution in [0.5, 0.6) is 0 Å². The molecule has 1 unspecified atom stereocenters. The number of nitrogens with one attached hydrogen (secondary N) is 2. The van der Waals surface area contributed by atoms with Crippen molar-refractivity contribution in [1.82, 2.24) is 15.6 Å². The van der Waals surface area contributed by atoms with Crippen LogP contribution in [-0.2, 0) is 17.6 Å². The van der Waals surface area contributed by atoms with Crippen LogP contribution in [-0.4, -0.2) is 43.0 Å². The molecular formula is C19H26IN5OS. The van der Waals surface area contributed by atoms with Crippen LogP contribution in [0.2, 0.25) is 0 Å². The summed E-state index contributed by atoms with van der Waals surface area (Å²) in [5.41, 5.74) is 0.945. The second-order valence-corrected chi connectivity index (χ2v) is 7.41. The number of aliphatic imine (C=N–C) groups is 1. The monoisotopic (exact) mass is 499 g/mol. The highest BCUT2D eigenvalue weighted by molar-refractivity contribution is 14.0. The van der Waals surface area contributed by atoms with Crippen molar-refractivity contribution in [2.75, 3.05) is 25.0 Å². The number of nitrogens with zero attached hydrogens (tertiary/aromatic N) is 3. The van der Waals surface area contributed by atoms with Crippen molar-refractivity contribution in [2.45, 2.75) is 32.2 Å². The Morgan fingerprint density at radius 3 is 2.81 bits per heavy atom. The largest absolute Gasteiger partial charge is 0.356 e. The van der Waals surface area contributed by atoms with Gasteiger partial charge in [0.25, 0.3) is 0 Å². The first-order valence-corrected chi connectivity index (χ1v) is 9.77. The summed E-state index contributed by atoms with van der Waals surface area (Å²) < 4.78 is 0. The van der Waals surface area contributed by atoms with Crippen LogP contribution in [0.4, 0.5) is 5.69 Å². The molecule has 2 heterocycles. The Hall–Kier alpha value is -1.68. The molecule has 8 heteroatoms. The van der Waals surface area contributed by atoms with Crippen LogP contribution in [0.25, 0.3) is 0 Å². The maximum atomic E-state index is 12.3. The van der Waals surface area contributed by atoms with Gasteiger partial charge in [0.15, 0.2) is 5.96 Å². The summed E-state index contributed by atoms with van der Waals surface area (Å²) >= 11 is 1.76. The summed E-state index contributed by atoms with van der Waals surface area (Å²) in [7, 11) is 1.75. The number of para-hydroxylation sites is 1. The Kier molecular flexibility index (Phi) is 8.49. The van der Waals surface area contributed by atoms with Gasteiger partial charge < -0.3 is 15.5 Å². The number of hydrogen-bond donors (Lipinski definition) is 2. The van der Waals surface area contributed by atoms with E-state index in [9.17, 15) is 4.79 Å². The molecule has 27 heavy (non-hydrogen) atoms. The number of benzene rings is 1. The van der Waals surface area contributed by atoms with Gasteiger partial charge in [0, 0.05) is 49.7 Å². The quantitative estimate of drug-likeness (QED) is 0.365. The lowest BCUT2D eigenvalue weighted by atomic mass is 10.2. The first-order valence-electron chi connectivity index (χ1n) is 8.95. The molecule has 1 aromatic heterocycles. The Bertz CT molecular complexity index is 764. The number of halogens is 1. The number of guanidine groups is 1. The fourth-order valence-corrected chi connectivity index (χ4v) is 3.83. The van der Waals surface area contributed by atoms with Gasteiger partial charge in [-0.25, -0.2) is 4.98 Å². The van der Waals surface area contributed by atoms with E-state index in [0.717, 1.165) is 36.0 Å². The van der Waals surface area contributed by atoms with E-state index in [-0.39, 0.29) is 35.9 Å². The molecule has 3 rings (SSSR count). The van der Waals surface area contributed by atoms with Gasteiger partial charge in [0.2, 0.25) is 5.91 Å². The van der Waals surface area contributed by atoms with Crippen molar-refractivity contribution >= 4 is 52.9 Å². The molecule has 1 aliphatic rings. The van der Waals surface area contributed by atoms with Crippen molar-refractivity contribution in [3.63, 3.8) is 0 Å². The summed E-state index contributed by atoms with van der Waals surface area (Å²) in [6.45, 7) is 3.55. The van der Waals surface area contributed by atoms with Crippen molar-refractivity contribution in [2.24, 2.45) is 4.99 Å². The van der Waals surface area contributed by atoms with Crippen LogP contribution in [0.3, 0.4) is 0 Å². The van der Waals surface area contributed by atoms with E-state index in [1.54, 1.807) is 18.4 Å². The van der Waals surface area contributed by atoms with Crippen LogP contribution < -0.4 is 15.5 Å². The molecule has 2 aromatic rings. The Morgan fingerprint density at radius 1 is 1.37 bits per heavy atom. The lowest BCUT2D eigenvalue weighted by Gasteiger charge is -2.18. The lowest BCUT2D eigenvalue weighted by molar-refractivity contribution is -0.117. The number of amides is 1. The smallest absolute Gasteiger partial charge is 0.229 e. The molecule has 1 amide bonds. The molecule has 1 fully saturated rings. The van der Waals surface area contributed by atoms with E-state index in [1.165, 1.54) is 4.88 Å². The van der Waals surface area contributed by atoms with Gasteiger partial charge in [-0.15, -0.1) is 35.3 Å². The third kappa shape index (κ3) is 5.90. The highest BCUT2D eigenvalue weighted by Gasteiger charge is 2.30. The van der Waals surface area contributed by atoms with Gasteiger partial charge >= 0.3 is 0 Å². The number of anilines is 1. The summed E-state index contributed by atoms with van der Waals surface area (Å²) in [5, 5.41) is 7.81. The van der Waals surface area contributed by atoms with Gasteiger partial charge in [-0.05, 0) is 18.6 Å². The number of aryl methyl sites for hydroxylation is 1. The van der Waals surface area contributed by atoms with Gasteiger partial charge in [-0.2, -0.15) is 0 Å². The number of hydrogen-bond acceptors (Lipinski definition) is 4. The van der Waals surface area contributed by atoms with Crippen molar-refractivity contribution < 1.29 is 4.79 Å². The van der Waals surface area contributed by atoms with Crippen LogP contribution in [0.1, 0.15) is 23.2 Å². The van der Waals surface area contributed by atoms with Gasteiger partial charge in [0.05, 0.1) is 11.0 Å². The lowest BCUT2D eigenvalue weighted by Crippen LogP contribution is -2.45. The summed E-state index contributed by atoms with van der Waals surface area (Å²) in [4.78, 5) is 24.2. The number of aromatic nitrogens is 1. The average Bonchev–Trinajstić information content (AvgIpc) is 3.27. The fraction of sp³-hybridized carbons (Fsp3) is 0.421. The normalized spacial score (nSPS) is 17.0. The molecular weight excluding hydrogens is 473 g/mol. The average molecular weight is 499 g/mol. The molecule has 1 saturated heterocycles. The molecule has 1 aromatic carbocycles. The third-order valence-electron chi connectivity index (χ3n) is 4.34. The maximum absolute atomic E-state index is 12.3. The Morgan fingerprint density at radius 2 is 2.15 bits per heavy atom. The van der Waals surface area contributed by atoms with Gasteiger partial charge in [-0.3, -0.25) is 9.79 Å². The molecule has 0 spiro atoms. The predicted molar refractivity (Wildman–Crippen MR) is 122 cm³/mol. The highest BCUT2D eigenvalue weighted by Crippen LogP contribution is 2.21. The summed E-state index contributed by atoms with van der Waals surface area (Å²) in [5.74, 6) is 0.865. The predicted octanol–water partition coefficient (Wildman–Crippen LogP) is 2.84. The summed E-state index contributed by atoms with van der Waals surface area (Å²) in [6.07, 6.45) is 4.32. The topological polar surface area (TPSA) is 69.6 Å². The molecule has 0 bridgehead atoms. The zero-order chi connectivity index (χ0) is 18.4. The molecule has 146 valence electrons. The van der Waals surface area contributed by atoms with E-state index in [0.29, 0.717) is 13.0 Å². The fourth-order valence-electron chi connectivity index (χ4n) is 2.96. The molecule has 2 N–H and O–H groups in total. The third-order valence-corrected chi connectivity index (χ3v) is 5.54. The Labute approximate surface area is 181 Å². The number of rotatable bonds is 6. The van der Waals surface area contributed by atoms with Crippen molar-refractivity contribution in [3.8, 4) is 0 Å². The molecule has 0 aliphatic carbocycles. The minimum absolute atomic E-state index is 0. The summed E-state index contributed by atoms with van der Waals surface area (Å²) in [6, 6.07) is 9.84. The highest BCUT2D eigenvalue weighted by atomic mass is 127. The molecule has 0 saturated carbocycles. The molecule has 1 atom stereocenters. The second kappa shape index (κ2) is 10.6. The van der Waals surface area contributed by atoms with Gasteiger partial charge in [0.1, 0.15) is 0 Å². The molecule has 6 nitrogen and oxygen atoms in total. The van der Waals surface area contributed by atoms with Crippen molar-refractivity contribution in [1.29, 1.82) is 0 Å². The maximum Gasteiger partial charge on any atom is 0.229 e. The SMILES string of the molecule is CCc1cnc(CCNC(=NC)NC2CC(=O)N(c3ccccc3)C2)s1.I. The van der Waals surface area contributed by atoms with Crippen LogP contribution in [0.15, 0.2) is 41.5 Å². The van der Waals surface area contributed by atoms with E-state index in [1.807, 2.05) is 41.4 Å². The van der Waals surface area contributed by atoms with E-state index in [2.05, 4.69) is 27.5 Å². The van der Waals surface area contributed by atoms with Crippen LogP contribution >= 0.6 is 35.3 Å². The standard InChI is InChI=1S/C19H25N5OS.HI/c1-3-16-12-22-17(26-16)9-10-21-19(20-2)23-14-11-18(25)24(13-14)15-7-5-4-6-8-15;/h4-8,12,14H,3,9-11,13H2,1-2H3,(H2,20,21,23);1H. The zero-order valence-corrected chi connectivity index (χ0v) is 18.8. The van der Waals surface area contributed by atoms with E-state index >= 15 is 0 Å². The first-order chi connectivity index (χ1) is 12.7. The molecule has 1 aliphatic heterocycles. The number of carbonyl (C=O) groups excluding carboxylic acids is 1. The Balaban J connectivity index is 0.00000261. The zero-order valence-electron chi connectivity index (χ0n) is 15.6. The number of thiazole rings is 1. The van der Waals surface area contributed by atoms with Crippen LogP contribution in [0, 0.1) is 0 Å². The van der Waals surface area contributed by atoms with E-state index in [4.69, 9.17) is 0 Å². The van der Waals surface area contributed by atoms with E-state index < -0.39 is 0 Å². The van der Waals surface area contributed by atoms with Crippen molar-refractivity contribution in [3.05, 3.63) is 46.4 Å².